The number of benzene rings is 1. The Morgan fingerprint density at radius 1 is 1.33 bits per heavy atom. The molecule has 18 heavy (non-hydrogen) atoms. The monoisotopic (exact) mass is 263 g/mol. The Balaban J connectivity index is 2.97. The Labute approximate surface area is 111 Å². The molecule has 0 amide bonds. The van der Waals surface area contributed by atoms with Gasteiger partial charge in [0.15, 0.2) is 0 Å². The van der Waals surface area contributed by atoms with Crippen LogP contribution in [0.1, 0.15) is 0 Å². The first-order valence-corrected chi connectivity index (χ1v) is 5.41. The van der Waals surface area contributed by atoms with E-state index in [1.165, 1.54) is 6.20 Å². The maximum Gasteiger partial charge on any atom is 0.124 e. The van der Waals surface area contributed by atoms with Crippen molar-refractivity contribution in [2.45, 2.75) is 0 Å². The number of nitrogens with one attached hydrogen (secondary N) is 1. The summed E-state index contributed by atoms with van der Waals surface area (Å²) in [5, 5.41) is 11.7. The molecule has 0 fully saturated rings. The topological polar surface area (TPSA) is 80.3 Å². The van der Waals surface area contributed by atoms with Crippen molar-refractivity contribution in [3.8, 4) is 17.6 Å². The van der Waals surface area contributed by atoms with Crippen LogP contribution in [-0.2, 0) is 0 Å². The third-order valence-electron chi connectivity index (χ3n) is 2.12. The highest BCUT2D eigenvalue weighted by atomic mass is 32.1. The molecular formula is C12H13N3O2S. The first kappa shape index (κ1) is 13.8. The maximum absolute atomic E-state index is 8.80. The largest absolute Gasteiger partial charge is 0.497 e. The first-order chi connectivity index (χ1) is 8.60. The first-order valence-electron chi connectivity index (χ1n) is 5.00. The van der Waals surface area contributed by atoms with Gasteiger partial charge in [0, 0.05) is 30.1 Å². The third kappa shape index (κ3) is 3.64. The molecule has 0 aromatic heterocycles. The molecule has 0 aliphatic heterocycles. The van der Waals surface area contributed by atoms with Gasteiger partial charge in [-0.2, -0.15) is 5.26 Å². The summed E-state index contributed by atoms with van der Waals surface area (Å²) in [7, 11) is 3.12. The molecule has 1 aromatic rings. The fourth-order valence-corrected chi connectivity index (χ4v) is 1.31. The molecular weight excluding hydrogens is 250 g/mol. The van der Waals surface area contributed by atoms with Crippen molar-refractivity contribution >= 4 is 22.9 Å². The number of nitriles is 1. The number of nitrogens with zero attached hydrogens (tertiary/aromatic N) is 1. The Hall–Kier alpha value is -2.26. The predicted octanol–water partition coefficient (Wildman–Crippen LogP) is 1.81. The molecule has 3 N–H and O–H groups in total. The standard InChI is InChI=1S/C12H13N3O2S/c1-16-10-3-9(4-11(5-10)17-2)15-7-8(6-13)12(14)18/h3-5,7,15H,1-2H3,(H2,14,18)/b8-7+. The molecule has 0 heterocycles. The smallest absolute Gasteiger partial charge is 0.124 e. The molecule has 94 valence electrons. The van der Waals surface area contributed by atoms with Gasteiger partial charge in [0.05, 0.1) is 14.2 Å². The summed E-state index contributed by atoms with van der Waals surface area (Å²) in [6.07, 6.45) is 1.44. The minimum atomic E-state index is 0.0415. The van der Waals surface area contributed by atoms with E-state index in [1.54, 1.807) is 32.4 Å². The Bertz CT molecular complexity index is 498. The maximum atomic E-state index is 8.80. The highest BCUT2D eigenvalue weighted by Gasteiger charge is 2.02. The summed E-state index contributed by atoms with van der Waals surface area (Å²) in [5.74, 6) is 1.28. The number of hydrogen-bond donors (Lipinski definition) is 2. The quantitative estimate of drug-likeness (QED) is 0.479. The van der Waals surface area contributed by atoms with Crippen molar-refractivity contribution in [3.05, 3.63) is 30.0 Å². The van der Waals surface area contributed by atoms with Crippen molar-refractivity contribution < 1.29 is 9.47 Å². The van der Waals surface area contributed by atoms with Crippen LogP contribution in [0.5, 0.6) is 11.5 Å². The van der Waals surface area contributed by atoms with E-state index in [-0.39, 0.29) is 10.6 Å². The molecule has 0 saturated heterocycles. The van der Waals surface area contributed by atoms with Crippen LogP contribution < -0.4 is 20.5 Å². The Morgan fingerprint density at radius 3 is 2.28 bits per heavy atom. The van der Waals surface area contributed by atoms with Crippen molar-refractivity contribution in [1.29, 1.82) is 5.26 Å². The van der Waals surface area contributed by atoms with Crippen molar-refractivity contribution in [3.63, 3.8) is 0 Å². The number of rotatable bonds is 5. The van der Waals surface area contributed by atoms with Crippen LogP contribution in [0, 0.1) is 11.3 Å². The summed E-state index contributed by atoms with van der Waals surface area (Å²) >= 11 is 4.73. The molecule has 0 saturated carbocycles. The lowest BCUT2D eigenvalue weighted by Crippen LogP contribution is -2.11. The number of ether oxygens (including phenoxy) is 2. The van der Waals surface area contributed by atoms with Gasteiger partial charge in [0.2, 0.25) is 0 Å². The van der Waals surface area contributed by atoms with E-state index in [2.05, 4.69) is 5.32 Å². The minimum Gasteiger partial charge on any atom is -0.497 e. The highest BCUT2D eigenvalue weighted by Crippen LogP contribution is 2.25. The lowest BCUT2D eigenvalue weighted by Gasteiger charge is -2.08. The molecule has 0 unspecified atom stereocenters. The average Bonchev–Trinajstić information content (AvgIpc) is 2.38. The van der Waals surface area contributed by atoms with E-state index < -0.39 is 0 Å². The predicted molar refractivity (Wildman–Crippen MR) is 73.7 cm³/mol. The van der Waals surface area contributed by atoms with Crippen LogP contribution in [0.4, 0.5) is 5.69 Å². The van der Waals surface area contributed by atoms with Gasteiger partial charge in [0.1, 0.15) is 28.1 Å². The Kier molecular flexibility index (Phi) is 4.96. The van der Waals surface area contributed by atoms with Crippen molar-refractivity contribution in [1.82, 2.24) is 0 Å². The molecule has 1 aromatic carbocycles. The van der Waals surface area contributed by atoms with Crippen LogP contribution in [0.25, 0.3) is 0 Å². The van der Waals surface area contributed by atoms with Gasteiger partial charge in [-0.25, -0.2) is 0 Å². The van der Waals surface area contributed by atoms with Crippen molar-refractivity contribution in [2.24, 2.45) is 5.73 Å². The van der Waals surface area contributed by atoms with Gasteiger partial charge in [-0.1, -0.05) is 12.2 Å². The second-order valence-corrected chi connectivity index (χ2v) is 3.72. The van der Waals surface area contributed by atoms with Crippen LogP contribution >= 0.6 is 12.2 Å². The van der Waals surface area contributed by atoms with Gasteiger partial charge in [0.25, 0.3) is 0 Å². The fraction of sp³-hybridized carbons (Fsp3) is 0.167. The molecule has 5 nitrogen and oxygen atoms in total. The van der Waals surface area contributed by atoms with Gasteiger partial charge in [-0.15, -0.1) is 0 Å². The molecule has 0 spiro atoms. The molecule has 0 atom stereocenters. The molecule has 0 radical (unpaired) electrons. The van der Waals surface area contributed by atoms with Gasteiger partial charge in [-0.3, -0.25) is 0 Å². The fourth-order valence-electron chi connectivity index (χ4n) is 1.20. The lowest BCUT2D eigenvalue weighted by molar-refractivity contribution is 0.395. The number of thiocarbonyl (C=S) groups is 1. The van der Waals surface area contributed by atoms with E-state index in [1.807, 2.05) is 6.07 Å². The lowest BCUT2D eigenvalue weighted by atomic mass is 10.2. The SMILES string of the molecule is COc1cc(N/C=C(\C#N)C(N)=S)cc(OC)c1. The van der Waals surface area contributed by atoms with E-state index in [9.17, 15) is 0 Å². The number of hydrogen-bond acceptors (Lipinski definition) is 5. The highest BCUT2D eigenvalue weighted by molar-refractivity contribution is 7.80. The minimum absolute atomic E-state index is 0.0415. The summed E-state index contributed by atoms with van der Waals surface area (Å²) in [5.41, 5.74) is 6.28. The van der Waals surface area contributed by atoms with Crippen molar-refractivity contribution in [2.75, 3.05) is 19.5 Å². The third-order valence-corrected chi connectivity index (χ3v) is 2.34. The Morgan fingerprint density at radius 2 is 1.89 bits per heavy atom. The van der Waals surface area contributed by atoms with Gasteiger partial charge >= 0.3 is 0 Å². The molecule has 0 bridgehead atoms. The molecule has 0 aliphatic rings. The summed E-state index contributed by atoms with van der Waals surface area (Å²) in [6, 6.07) is 7.16. The number of anilines is 1. The average molecular weight is 263 g/mol. The summed E-state index contributed by atoms with van der Waals surface area (Å²) in [4.78, 5) is 0.0415. The number of methoxy groups -OCH3 is 2. The van der Waals surface area contributed by atoms with Crippen LogP contribution in [0.3, 0.4) is 0 Å². The molecule has 0 aliphatic carbocycles. The summed E-state index contributed by atoms with van der Waals surface area (Å²) < 4.78 is 10.2. The van der Waals surface area contributed by atoms with Crippen LogP contribution in [0.2, 0.25) is 0 Å². The van der Waals surface area contributed by atoms with E-state index in [0.29, 0.717) is 17.2 Å². The molecule has 1 rings (SSSR count). The van der Waals surface area contributed by atoms with Gasteiger partial charge < -0.3 is 20.5 Å². The summed E-state index contributed by atoms with van der Waals surface area (Å²) in [6.45, 7) is 0. The van der Waals surface area contributed by atoms with Crippen LogP contribution in [-0.4, -0.2) is 19.2 Å². The zero-order valence-corrected chi connectivity index (χ0v) is 10.9. The van der Waals surface area contributed by atoms with E-state index in [4.69, 9.17) is 32.7 Å². The van der Waals surface area contributed by atoms with Crippen LogP contribution in [0.15, 0.2) is 30.0 Å². The zero-order valence-electron chi connectivity index (χ0n) is 10.1. The van der Waals surface area contributed by atoms with E-state index >= 15 is 0 Å². The van der Waals surface area contributed by atoms with E-state index in [0.717, 1.165) is 0 Å². The zero-order chi connectivity index (χ0) is 13.5. The normalized spacial score (nSPS) is 10.4. The second-order valence-electron chi connectivity index (χ2n) is 3.28. The number of nitrogens with two attached hydrogens (primary N) is 1. The second kappa shape index (κ2) is 6.47. The molecule has 6 heteroatoms. The van der Waals surface area contributed by atoms with Gasteiger partial charge in [-0.05, 0) is 0 Å².